The minimum Gasteiger partial charge on any atom is -0.478 e. The molecule has 5 nitrogen and oxygen atoms in total. The summed E-state index contributed by atoms with van der Waals surface area (Å²) in [5, 5.41) is 12.4. The van der Waals surface area contributed by atoms with E-state index in [2.05, 4.69) is 15.3 Å². The highest BCUT2D eigenvalue weighted by Gasteiger charge is 2.02. The van der Waals surface area contributed by atoms with Crippen molar-refractivity contribution >= 4 is 5.95 Å². The Labute approximate surface area is 95.9 Å². The van der Waals surface area contributed by atoms with Gasteiger partial charge in [-0.3, -0.25) is 0 Å². The zero-order valence-electron chi connectivity index (χ0n) is 9.81. The van der Waals surface area contributed by atoms with E-state index < -0.39 is 0 Å². The van der Waals surface area contributed by atoms with Gasteiger partial charge in [0.25, 0.3) is 0 Å². The zero-order valence-corrected chi connectivity index (χ0v) is 9.81. The van der Waals surface area contributed by atoms with Gasteiger partial charge < -0.3 is 15.2 Å². The van der Waals surface area contributed by atoms with Gasteiger partial charge in [-0.1, -0.05) is 6.92 Å². The Morgan fingerprint density at radius 2 is 2.31 bits per heavy atom. The topological polar surface area (TPSA) is 67.3 Å². The Kier molecular flexibility index (Phi) is 5.56. The molecule has 0 aliphatic rings. The zero-order chi connectivity index (χ0) is 11.8. The number of nitrogens with one attached hydrogen (secondary N) is 1. The maximum atomic E-state index is 9.37. The molecular formula is C11H19N3O2. The van der Waals surface area contributed by atoms with Crippen LogP contribution in [0.4, 0.5) is 5.95 Å². The van der Waals surface area contributed by atoms with Crippen LogP contribution in [0.1, 0.15) is 26.7 Å². The first kappa shape index (κ1) is 12.7. The number of hydrogen-bond donors (Lipinski definition) is 2. The van der Waals surface area contributed by atoms with Crippen molar-refractivity contribution in [2.45, 2.75) is 32.8 Å². The molecule has 1 heterocycles. The maximum absolute atomic E-state index is 9.37. The number of anilines is 1. The van der Waals surface area contributed by atoms with Crippen molar-refractivity contribution in [1.82, 2.24) is 9.97 Å². The quantitative estimate of drug-likeness (QED) is 0.735. The average molecular weight is 225 g/mol. The molecule has 1 unspecified atom stereocenters. The summed E-state index contributed by atoms with van der Waals surface area (Å²) in [5.74, 6) is 1.10. The molecule has 2 N–H and O–H groups in total. The van der Waals surface area contributed by atoms with Crippen LogP contribution in [0.15, 0.2) is 12.3 Å². The van der Waals surface area contributed by atoms with Crippen LogP contribution >= 0.6 is 0 Å². The van der Waals surface area contributed by atoms with E-state index in [0.717, 1.165) is 6.42 Å². The molecule has 1 atom stereocenters. The van der Waals surface area contributed by atoms with Gasteiger partial charge in [0, 0.05) is 18.8 Å². The number of ether oxygens (including phenoxy) is 1. The van der Waals surface area contributed by atoms with Crippen LogP contribution in [0.5, 0.6) is 5.88 Å². The molecular weight excluding hydrogens is 206 g/mol. The number of aromatic nitrogens is 2. The Morgan fingerprint density at radius 3 is 3.00 bits per heavy atom. The largest absolute Gasteiger partial charge is 0.478 e. The minimum absolute atomic E-state index is 0.262. The molecule has 0 aliphatic carbocycles. The summed E-state index contributed by atoms with van der Waals surface area (Å²) in [4.78, 5) is 8.22. The third-order valence-electron chi connectivity index (χ3n) is 2.15. The molecule has 1 aromatic rings. The normalized spacial score (nSPS) is 12.2. The van der Waals surface area contributed by atoms with Gasteiger partial charge in [0.05, 0.1) is 12.7 Å². The van der Waals surface area contributed by atoms with E-state index in [1.807, 2.05) is 13.8 Å². The van der Waals surface area contributed by atoms with Gasteiger partial charge in [-0.2, -0.15) is 4.98 Å². The molecule has 0 bridgehead atoms. The van der Waals surface area contributed by atoms with E-state index in [9.17, 15) is 5.11 Å². The predicted octanol–water partition coefficient (Wildman–Crippen LogP) is 1.45. The van der Waals surface area contributed by atoms with E-state index in [-0.39, 0.29) is 6.10 Å². The lowest BCUT2D eigenvalue weighted by atomic mass is 10.2. The lowest BCUT2D eigenvalue weighted by Gasteiger charge is -2.09. The fourth-order valence-corrected chi connectivity index (χ4v) is 1.21. The molecule has 0 amide bonds. The van der Waals surface area contributed by atoms with Gasteiger partial charge in [-0.15, -0.1) is 0 Å². The maximum Gasteiger partial charge on any atom is 0.225 e. The first-order valence-corrected chi connectivity index (χ1v) is 5.64. The molecule has 0 radical (unpaired) electrons. The van der Waals surface area contributed by atoms with Gasteiger partial charge in [0.15, 0.2) is 0 Å². The number of hydrogen-bond acceptors (Lipinski definition) is 5. The highest BCUT2D eigenvalue weighted by Crippen LogP contribution is 2.08. The number of rotatable bonds is 7. The van der Waals surface area contributed by atoms with Crippen molar-refractivity contribution in [2.75, 3.05) is 18.5 Å². The molecule has 1 aromatic heterocycles. The van der Waals surface area contributed by atoms with Gasteiger partial charge in [0.1, 0.15) is 0 Å². The summed E-state index contributed by atoms with van der Waals surface area (Å²) in [5.41, 5.74) is 0. The Hall–Kier alpha value is -1.36. The second-order valence-electron chi connectivity index (χ2n) is 3.43. The smallest absolute Gasteiger partial charge is 0.225 e. The molecule has 0 saturated heterocycles. The number of aliphatic hydroxyl groups excluding tert-OH is 1. The van der Waals surface area contributed by atoms with E-state index in [0.29, 0.717) is 31.4 Å². The standard InChI is InChI=1S/C11H19N3O2/c1-3-9(15)5-7-12-11-13-8-6-10(14-11)16-4-2/h6,8-9,15H,3-5,7H2,1-2H3,(H,12,13,14). The van der Waals surface area contributed by atoms with Crippen molar-refractivity contribution in [2.24, 2.45) is 0 Å². The van der Waals surface area contributed by atoms with Gasteiger partial charge >= 0.3 is 0 Å². The number of nitrogens with zero attached hydrogens (tertiary/aromatic N) is 2. The summed E-state index contributed by atoms with van der Waals surface area (Å²) in [7, 11) is 0. The summed E-state index contributed by atoms with van der Waals surface area (Å²) in [6.07, 6.45) is 2.85. The van der Waals surface area contributed by atoms with Crippen LogP contribution in [-0.2, 0) is 0 Å². The van der Waals surface area contributed by atoms with Crippen molar-refractivity contribution in [1.29, 1.82) is 0 Å². The van der Waals surface area contributed by atoms with Gasteiger partial charge in [0.2, 0.25) is 11.8 Å². The fourth-order valence-electron chi connectivity index (χ4n) is 1.21. The third kappa shape index (κ3) is 4.44. The monoisotopic (exact) mass is 225 g/mol. The highest BCUT2D eigenvalue weighted by atomic mass is 16.5. The average Bonchev–Trinajstić information content (AvgIpc) is 2.30. The van der Waals surface area contributed by atoms with Crippen molar-refractivity contribution in [3.63, 3.8) is 0 Å². The fraction of sp³-hybridized carbons (Fsp3) is 0.636. The molecule has 90 valence electrons. The SMILES string of the molecule is CCOc1ccnc(NCCC(O)CC)n1. The molecule has 1 rings (SSSR count). The van der Waals surface area contributed by atoms with E-state index in [1.165, 1.54) is 0 Å². The van der Waals surface area contributed by atoms with Gasteiger partial charge in [-0.25, -0.2) is 4.98 Å². The van der Waals surface area contributed by atoms with E-state index >= 15 is 0 Å². The molecule has 0 aliphatic heterocycles. The molecule has 16 heavy (non-hydrogen) atoms. The van der Waals surface area contributed by atoms with Crippen LogP contribution in [0, 0.1) is 0 Å². The third-order valence-corrected chi connectivity index (χ3v) is 2.15. The Morgan fingerprint density at radius 1 is 1.50 bits per heavy atom. The highest BCUT2D eigenvalue weighted by molar-refractivity contribution is 5.27. The van der Waals surface area contributed by atoms with Crippen LogP contribution in [-0.4, -0.2) is 34.3 Å². The van der Waals surface area contributed by atoms with Crippen LogP contribution in [0.25, 0.3) is 0 Å². The minimum atomic E-state index is -0.262. The Bertz CT molecular complexity index is 307. The second-order valence-corrected chi connectivity index (χ2v) is 3.43. The lowest BCUT2D eigenvalue weighted by molar-refractivity contribution is 0.164. The van der Waals surface area contributed by atoms with Gasteiger partial charge in [-0.05, 0) is 19.8 Å². The summed E-state index contributed by atoms with van der Waals surface area (Å²) >= 11 is 0. The molecule has 0 saturated carbocycles. The number of aliphatic hydroxyl groups is 1. The van der Waals surface area contributed by atoms with Crippen molar-refractivity contribution in [3.8, 4) is 5.88 Å². The lowest BCUT2D eigenvalue weighted by Crippen LogP contribution is -2.13. The predicted molar refractivity (Wildman–Crippen MR) is 62.6 cm³/mol. The molecule has 0 spiro atoms. The summed E-state index contributed by atoms with van der Waals surface area (Å²) in [6, 6.07) is 1.72. The Balaban J connectivity index is 2.38. The van der Waals surface area contributed by atoms with Crippen molar-refractivity contribution < 1.29 is 9.84 Å². The van der Waals surface area contributed by atoms with E-state index in [1.54, 1.807) is 12.3 Å². The first-order chi connectivity index (χ1) is 7.76. The summed E-state index contributed by atoms with van der Waals surface area (Å²) in [6.45, 7) is 5.11. The summed E-state index contributed by atoms with van der Waals surface area (Å²) < 4.78 is 5.25. The second kappa shape index (κ2) is 7.00. The molecule has 0 aromatic carbocycles. The first-order valence-electron chi connectivity index (χ1n) is 5.64. The molecule has 5 heteroatoms. The van der Waals surface area contributed by atoms with Crippen molar-refractivity contribution in [3.05, 3.63) is 12.3 Å². The van der Waals surface area contributed by atoms with Crippen LogP contribution < -0.4 is 10.1 Å². The molecule has 0 fully saturated rings. The van der Waals surface area contributed by atoms with E-state index in [4.69, 9.17) is 4.74 Å². The van der Waals surface area contributed by atoms with Crippen LogP contribution in [0.2, 0.25) is 0 Å². The van der Waals surface area contributed by atoms with Crippen LogP contribution in [0.3, 0.4) is 0 Å².